The zero-order chi connectivity index (χ0) is 18.1. The van der Waals surface area contributed by atoms with Crippen LogP contribution >= 0.6 is 7.60 Å². The van der Waals surface area contributed by atoms with Crippen LogP contribution < -0.4 is 4.74 Å². The first-order chi connectivity index (χ1) is 10.3. The van der Waals surface area contributed by atoms with E-state index in [1.165, 1.54) is 0 Å². The molecule has 23 heavy (non-hydrogen) atoms. The van der Waals surface area contributed by atoms with Crippen LogP contribution in [-0.2, 0) is 21.8 Å². The number of aryl methyl sites for hydroxylation is 1. The molecule has 0 aliphatic rings. The van der Waals surface area contributed by atoms with E-state index >= 15 is 0 Å². The van der Waals surface area contributed by atoms with E-state index in [9.17, 15) is 4.57 Å². The van der Waals surface area contributed by atoms with E-state index in [1.54, 1.807) is 0 Å². The van der Waals surface area contributed by atoms with Gasteiger partial charge in [0.1, 0.15) is 5.75 Å². The van der Waals surface area contributed by atoms with Gasteiger partial charge in [0, 0.05) is 11.1 Å². The molecule has 0 bridgehead atoms. The van der Waals surface area contributed by atoms with Gasteiger partial charge in [-0.15, -0.1) is 0 Å². The van der Waals surface area contributed by atoms with Gasteiger partial charge in [-0.25, -0.2) is 0 Å². The second-order valence-corrected chi connectivity index (χ2v) is 9.87. The minimum absolute atomic E-state index is 0.108. The Morgan fingerprint density at radius 2 is 1.43 bits per heavy atom. The summed E-state index contributed by atoms with van der Waals surface area (Å²) in [5, 5.41) is 0. The Bertz CT molecular complexity index is 553. The summed E-state index contributed by atoms with van der Waals surface area (Å²) in [7, 11) is -4.00. The molecule has 0 heterocycles. The third-order valence-electron chi connectivity index (χ3n) is 3.75. The molecule has 132 valence electrons. The van der Waals surface area contributed by atoms with Crippen molar-refractivity contribution in [1.29, 1.82) is 0 Å². The summed E-state index contributed by atoms with van der Waals surface area (Å²) in [4.78, 5) is 18.3. The van der Waals surface area contributed by atoms with Crippen molar-refractivity contribution in [3.63, 3.8) is 0 Å². The Morgan fingerprint density at radius 1 is 1.00 bits per heavy atom. The average molecular weight is 342 g/mol. The van der Waals surface area contributed by atoms with E-state index in [4.69, 9.17) is 14.5 Å². The molecule has 0 aliphatic carbocycles. The van der Waals surface area contributed by atoms with E-state index in [2.05, 4.69) is 41.5 Å². The van der Waals surface area contributed by atoms with Crippen LogP contribution in [0, 0.1) is 0 Å². The highest BCUT2D eigenvalue weighted by atomic mass is 31.2. The molecular weight excluding hydrogens is 311 g/mol. The first-order valence-electron chi connectivity index (χ1n) is 8.11. The van der Waals surface area contributed by atoms with Crippen molar-refractivity contribution in [2.75, 3.05) is 12.8 Å². The molecule has 5 heteroatoms. The van der Waals surface area contributed by atoms with Gasteiger partial charge in [-0.3, -0.25) is 4.57 Å². The first-order valence-corrected chi connectivity index (χ1v) is 9.90. The summed E-state index contributed by atoms with van der Waals surface area (Å²) in [6, 6.07) is 4.08. The lowest BCUT2D eigenvalue weighted by Crippen LogP contribution is -2.20. The van der Waals surface area contributed by atoms with Gasteiger partial charge in [0.15, 0.2) is 0 Å². The van der Waals surface area contributed by atoms with E-state index < -0.39 is 7.60 Å². The van der Waals surface area contributed by atoms with Crippen molar-refractivity contribution in [2.45, 2.75) is 65.7 Å². The largest absolute Gasteiger partial charge is 0.493 e. The lowest BCUT2D eigenvalue weighted by molar-refractivity contribution is 0.319. The normalized spacial score (nSPS) is 13.3. The maximum atomic E-state index is 11.2. The summed E-state index contributed by atoms with van der Waals surface area (Å²) >= 11 is 0. The molecule has 0 aromatic heterocycles. The van der Waals surface area contributed by atoms with Crippen molar-refractivity contribution in [1.82, 2.24) is 0 Å². The highest BCUT2D eigenvalue weighted by molar-refractivity contribution is 7.51. The van der Waals surface area contributed by atoms with Gasteiger partial charge in [0.25, 0.3) is 0 Å². The molecule has 0 aliphatic heterocycles. The minimum atomic E-state index is -4.00. The Kier molecular flexibility index (Phi) is 6.12. The highest BCUT2D eigenvalue weighted by Gasteiger charge is 2.28. The minimum Gasteiger partial charge on any atom is -0.493 e. The van der Waals surface area contributed by atoms with E-state index in [-0.39, 0.29) is 17.0 Å². The first kappa shape index (κ1) is 20.2. The molecule has 0 spiro atoms. The monoisotopic (exact) mass is 342 g/mol. The number of hydrogen-bond acceptors (Lipinski definition) is 2. The topological polar surface area (TPSA) is 66.8 Å². The van der Waals surface area contributed by atoms with Crippen LogP contribution in [0.5, 0.6) is 5.75 Å². The molecule has 1 rings (SSSR count). The highest BCUT2D eigenvalue weighted by Crippen LogP contribution is 2.42. The van der Waals surface area contributed by atoms with Crippen molar-refractivity contribution >= 4 is 7.60 Å². The van der Waals surface area contributed by atoms with Gasteiger partial charge < -0.3 is 14.5 Å². The van der Waals surface area contributed by atoms with Gasteiger partial charge in [0.05, 0.1) is 12.8 Å². The van der Waals surface area contributed by atoms with Crippen LogP contribution in [0.15, 0.2) is 12.1 Å². The number of rotatable bonds is 5. The number of benzene rings is 1. The molecule has 0 saturated carbocycles. The second kappa shape index (κ2) is 6.96. The van der Waals surface area contributed by atoms with Gasteiger partial charge in [0.2, 0.25) is 0 Å². The number of ether oxygens (including phenoxy) is 1. The predicted octanol–water partition coefficient (Wildman–Crippen LogP) is 4.40. The zero-order valence-electron chi connectivity index (χ0n) is 15.4. The van der Waals surface area contributed by atoms with Crippen molar-refractivity contribution in [3.8, 4) is 5.75 Å². The van der Waals surface area contributed by atoms with E-state index in [1.807, 2.05) is 19.1 Å². The summed E-state index contributed by atoms with van der Waals surface area (Å²) in [5.41, 5.74) is 2.91. The van der Waals surface area contributed by atoms with Crippen molar-refractivity contribution in [3.05, 3.63) is 28.8 Å². The Hall–Kier alpha value is -0.830. The summed E-state index contributed by atoms with van der Waals surface area (Å²) in [5.74, 6) is 0.910. The molecule has 0 atom stereocenters. The van der Waals surface area contributed by atoms with Crippen molar-refractivity contribution < 1.29 is 19.1 Å². The van der Waals surface area contributed by atoms with Crippen LogP contribution in [-0.4, -0.2) is 22.6 Å². The zero-order valence-corrected chi connectivity index (χ0v) is 16.3. The van der Waals surface area contributed by atoms with Crippen LogP contribution in [0.1, 0.15) is 65.2 Å². The summed E-state index contributed by atoms with van der Waals surface area (Å²) in [6.07, 6.45) is 0.233. The smallest absolute Gasteiger partial charge is 0.325 e. The molecule has 1 aromatic rings. The molecule has 2 N–H and O–H groups in total. The fraction of sp³-hybridized carbons (Fsp3) is 0.667. The molecule has 0 saturated heterocycles. The lowest BCUT2D eigenvalue weighted by Gasteiger charge is -2.30. The van der Waals surface area contributed by atoms with Crippen LogP contribution in [0.25, 0.3) is 0 Å². The summed E-state index contributed by atoms with van der Waals surface area (Å²) in [6.45, 7) is 15.3. The molecular formula is C18H31O4P. The van der Waals surface area contributed by atoms with Crippen LogP contribution in [0.4, 0.5) is 0 Å². The average Bonchev–Trinajstić information content (AvgIpc) is 2.33. The van der Waals surface area contributed by atoms with Gasteiger partial charge in [-0.05, 0) is 29.7 Å². The standard InChI is InChI=1S/C18H31O4P/c1-8-22-16-14(17(2,3)4)11-13(9-10-23(19,20)21)12-15(16)18(5,6)7/h11-12H,8-10H2,1-7H3,(H2,19,20,21). The fourth-order valence-electron chi connectivity index (χ4n) is 2.52. The molecule has 0 radical (unpaired) electrons. The van der Waals surface area contributed by atoms with E-state index in [0.29, 0.717) is 13.0 Å². The fourth-order valence-corrected chi connectivity index (χ4v) is 3.07. The third-order valence-corrected chi connectivity index (χ3v) is 4.55. The third kappa shape index (κ3) is 5.95. The maximum absolute atomic E-state index is 11.2. The van der Waals surface area contributed by atoms with Gasteiger partial charge in [-0.2, -0.15) is 0 Å². The Labute approximate surface area is 140 Å². The molecule has 0 fully saturated rings. The lowest BCUT2D eigenvalue weighted by atomic mass is 9.78. The van der Waals surface area contributed by atoms with Gasteiger partial charge in [-0.1, -0.05) is 53.7 Å². The quantitative estimate of drug-likeness (QED) is 0.778. The second-order valence-electron chi connectivity index (χ2n) is 8.09. The summed E-state index contributed by atoms with van der Waals surface area (Å²) < 4.78 is 17.2. The molecule has 0 unspecified atom stereocenters. The van der Waals surface area contributed by atoms with E-state index in [0.717, 1.165) is 22.4 Å². The van der Waals surface area contributed by atoms with Crippen molar-refractivity contribution in [2.24, 2.45) is 0 Å². The predicted molar refractivity (Wildman–Crippen MR) is 95.6 cm³/mol. The molecule has 4 nitrogen and oxygen atoms in total. The molecule has 0 amide bonds. The SMILES string of the molecule is CCOc1c(C(C)(C)C)cc(CCP(=O)(O)O)cc1C(C)(C)C. The Morgan fingerprint density at radius 3 is 1.74 bits per heavy atom. The maximum Gasteiger partial charge on any atom is 0.325 e. The van der Waals surface area contributed by atoms with Crippen LogP contribution in [0.2, 0.25) is 0 Å². The number of hydrogen-bond donors (Lipinski definition) is 2. The molecule has 1 aromatic carbocycles. The van der Waals surface area contributed by atoms with Gasteiger partial charge >= 0.3 is 7.60 Å². The Balaban J connectivity index is 3.49. The van der Waals surface area contributed by atoms with Crippen LogP contribution in [0.3, 0.4) is 0 Å².